The van der Waals surface area contributed by atoms with Gasteiger partial charge in [-0.1, -0.05) is 72.8 Å². The molecule has 0 aromatic heterocycles. The second-order valence-corrected chi connectivity index (χ2v) is 12.9. The Morgan fingerprint density at radius 1 is 0.872 bits per heavy atom. The molecule has 0 bridgehead atoms. The van der Waals surface area contributed by atoms with Crippen LogP contribution in [0.2, 0.25) is 0 Å². The van der Waals surface area contributed by atoms with Crippen LogP contribution in [0, 0.1) is 13.8 Å². The van der Waals surface area contributed by atoms with Gasteiger partial charge < -0.3 is 10.2 Å². The summed E-state index contributed by atoms with van der Waals surface area (Å²) >= 11 is 0. The maximum atomic E-state index is 14.1. The first kappa shape index (κ1) is 29.9. The summed E-state index contributed by atoms with van der Waals surface area (Å²) in [5, 5.41) is 3.03. The molecule has 0 saturated heterocycles. The van der Waals surface area contributed by atoms with E-state index in [-0.39, 0.29) is 18.9 Å². The van der Waals surface area contributed by atoms with Gasteiger partial charge in [-0.05, 0) is 62.9 Å². The van der Waals surface area contributed by atoms with Crippen molar-refractivity contribution in [3.05, 3.63) is 101 Å². The first-order valence-corrected chi connectivity index (χ1v) is 14.8. The van der Waals surface area contributed by atoms with Crippen molar-refractivity contribution in [2.45, 2.75) is 59.2 Å². The summed E-state index contributed by atoms with van der Waals surface area (Å²) in [7, 11) is -3.81. The minimum absolute atomic E-state index is 0.152. The van der Waals surface area contributed by atoms with Gasteiger partial charge in [-0.25, -0.2) is 8.42 Å². The standard InChI is InChI=1S/C31H39N3O4S/c1-23-17-18-24(2)27(19-23)34(39(6,37)38)22-29(35)33(21-26-15-11-8-12-16-26)28(30(36)32-31(3,4)5)20-25-13-9-7-10-14-25/h7-19,28H,20-22H2,1-6H3,(H,32,36). The predicted octanol–water partition coefficient (Wildman–Crippen LogP) is 4.62. The smallest absolute Gasteiger partial charge is 0.244 e. The van der Waals surface area contributed by atoms with Crippen LogP contribution in [0.4, 0.5) is 5.69 Å². The van der Waals surface area contributed by atoms with Gasteiger partial charge in [-0.15, -0.1) is 0 Å². The van der Waals surface area contributed by atoms with Crippen molar-refractivity contribution >= 4 is 27.5 Å². The Morgan fingerprint density at radius 2 is 1.44 bits per heavy atom. The number of benzene rings is 3. The number of nitrogens with one attached hydrogen (secondary N) is 1. The molecule has 1 unspecified atom stereocenters. The van der Waals surface area contributed by atoms with E-state index in [2.05, 4.69) is 5.32 Å². The zero-order valence-corrected chi connectivity index (χ0v) is 24.5. The molecule has 3 aromatic carbocycles. The van der Waals surface area contributed by atoms with E-state index >= 15 is 0 Å². The molecular weight excluding hydrogens is 510 g/mol. The Bertz CT molecular complexity index is 1380. The Labute approximate surface area is 232 Å². The molecule has 208 valence electrons. The Hall–Kier alpha value is -3.65. The van der Waals surface area contributed by atoms with Gasteiger partial charge in [-0.2, -0.15) is 0 Å². The van der Waals surface area contributed by atoms with Crippen LogP contribution in [0.1, 0.15) is 43.0 Å². The molecule has 0 heterocycles. The van der Waals surface area contributed by atoms with Crippen molar-refractivity contribution in [1.29, 1.82) is 0 Å². The molecule has 7 nitrogen and oxygen atoms in total. The van der Waals surface area contributed by atoms with Crippen molar-refractivity contribution in [1.82, 2.24) is 10.2 Å². The molecule has 1 atom stereocenters. The van der Waals surface area contributed by atoms with Crippen LogP contribution in [0.3, 0.4) is 0 Å². The minimum Gasteiger partial charge on any atom is -0.350 e. The average Bonchev–Trinajstić information content (AvgIpc) is 2.85. The van der Waals surface area contributed by atoms with Crippen molar-refractivity contribution in [3.8, 4) is 0 Å². The number of carbonyl (C=O) groups is 2. The second-order valence-electron chi connectivity index (χ2n) is 11.0. The van der Waals surface area contributed by atoms with E-state index in [9.17, 15) is 18.0 Å². The van der Waals surface area contributed by atoms with Gasteiger partial charge in [0.1, 0.15) is 12.6 Å². The van der Waals surface area contributed by atoms with Gasteiger partial charge in [-0.3, -0.25) is 13.9 Å². The van der Waals surface area contributed by atoms with Crippen LogP contribution in [-0.4, -0.2) is 49.5 Å². The number of aryl methyl sites for hydroxylation is 2. The first-order valence-electron chi connectivity index (χ1n) is 13.0. The lowest BCUT2D eigenvalue weighted by atomic mass is 10.0. The van der Waals surface area contributed by atoms with Crippen molar-refractivity contribution < 1.29 is 18.0 Å². The monoisotopic (exact) mass is 549 g/mol. The van der Waals surface area contributed by atoms with Gasteiger partial charge in [0.25, 0.3) is 0 Å². The number of sulfonamides is 1. The van der Waals surface area contributed by atoms with Gasteiger partial charge >= 0.3 is 0 Å². The highest BCUT2D eigenvalue weighted by atomic mass is 32.2. The highest BCUT2D eigenvalue weighted by molar-refractivity contribution is 7.92. The van der Waals surface area contributed by atoms with Crippen LogP contribution in [0.5, 0.6) is 0 Å². The summed E-state index contributed by atoms with van der Waals surface area (Å²) in [6.45, 7) is 9.08. The summed E-state index contributed by atoms with van der Waals surface area (Å²) < 4.78 is 27.1. The number of anilines is 1. The van der Waals surface area contributed by atoms with Gasteiger partial charge in [0.05, 0.1) is 11.9 Å². The summed E-state index contributed by atoms with van der Waals surface area (Å²) in [5.41, 5.74) is 3.27. The number of hydrogen-bond donors (Lipinski definition) is 1. The van der Waals surface area contributed by atoms with Crippen molar-refractivity contribution in [3.63, 3.8) is 0 Å². The number of nitrogens with zero attached hydrogens (tertiary/aromatic N) is 2. The predicted molar refractivity (Wildman–Crippen MR) is 157 cm³/mol. The topological polar surface area (TPSA) is 86.8 Å². The molecule has 0 fully saturated rings. The van der Waals surface area contributed by atoms with Crippen LogP contribution >= 0.6 is 0 Å². The van der Waals surface area contributed by atoms with Gasteiger partial charge in [0.2, 0.25) is 21.8 Å². The van der Waals surface area contributed by atoms with E-state index in [0.29, 0.717) is 5.69 Å². The lowest BCUT2D eigenvalue weighted by Gasteiger charge is -2.35. The highest BCUT2D eigenvalue weighted by Gasteiger charge is 2.34. The van der Waals surface area contributed by atoms with E-state index in [0.717, 1.165) is 32.8 Å². The molecule has 1 N–H and O–H groups in total. The van der Waals surface area contributed by atoms with Gasteiger partial charge in [0, 0.05) is 18.5 Å². The Kier molecular flexibility index (Phi) is 9.56. The number of hydrogen-bond acceptors (Lipinski definition) is 4. The summed E-state index contributed by atoms with van der Waals surface area (Å²) in [5.74, 6) is -0.761. The zero-order valence-electron chi connectivity index (χ0n) is 23.6. The molecule has 2 amide bonds. The molecule has 8 heteroatoms. The molecule has 0 aliphatic rings. The van der Waals surface area contributed by atoms with Crippen LogP contribution in [-0.2, 0) is 32.6 Å². The summed E-state index contributed by atoms with van der Waals surface area (Å²) in [6, 6.07) is 23.6. The first-order chi connectivity index (χ1) is 18.2. The largest absolute Gasteiger partial charge is 0.350 e. The lowest BCUT2D eigenvalue weighted by Crippen LogP contribution is -2.56. The maximum absolute atomic E-state index is 14.1. The fourth-order valence-electron chi connectivity index (χ4n) is 4.37. The molecular formula is C31H39N3O4S. The molecule has 0 radical (unpaired) electrons. The third kappa shape index (κ3) is 8.68. The van der Waals surface area contributed by atoms with E-state index < -0.39 is 34.1 Å². The van der Waals surface area contributed by atoms with Crippen molar-refractivity contribution in [2.24, 2.45) is 0 Å². The number of amides is 2. The SMILES string of the molecule is Cc1ccc(C)c(N(CC(=O)N(Cc2ccccc2)C(Cc2ccccc2)C(=O)NC(C)(C)C)S(C)(=O)=O)c1. The van der Waals surface area contributed by atoms with E-state index in [1.54, 1.807) is 6.07 Å². The fraction of sp³-hybridized carbons (Fsp3) is 0.355. The molecule has 39 heavy (non-hydrogen) atoms. The van der Waals surface area contributed by atoms with E-state index in [1.165, 1.54) is 4.90 Å². The Balaban J connectivity index is 2.08. The van der Waals surface area contributed by atoms with Crippen molar-refractivity contribution in [2.75, 3.05) is 17.1 Å². The third-order valence-corrected chi connectivity index (χ3v) is 7.40. The zero-order chi connectivity index (χ0) is 28.8. The fourth-order valence-corrected chi connectivity index (χ4v) is 5.27. The quantitative estimate of drug-likeness (QED) is 0.400. The normalized spacial score (nSPS) is 12.5. The van der Waals surface area contributed by atoms with Crippen LogP contribution in [0.15, 0.2) is 78.9 Å². The maximum Gasteiger partial charge on any atom is 0.244 e. The number of carbonyl (C=O) groups excluding carboxylic acids is 2. The van der Waals surface area contributed by atoms with Crippen LogP contribution < -0.4 is 9.62 Å². The van der Waals surface area contributed by atoms with Gasteiger partial charge in [0.15, 0.2) is 0 Å². The van der Waals surface area contributed by atoms with Crippen LogP contribution in [0.25, 0.3) is 0 Å². The Morgan fingerprint density at radius 3 is 1.97 bits per heavy atom. The van der Waals surface area contributed by atoms with E-state index in [1.807, 2.05) is 107 Å². The van der Waals surface area contributed by atoms with E-state index in [4.69, 9.17) is 0 Å². The minimum atomic E-state index is -3.81. The molecule has 3 rings (SSSR count). The summed E-state index contributed by atoms with van der Waals surface area (Å²) in [4.78, 5) is 29.3. The average molecular weight is 550 g/mol. The number of rotatable bonds is 10. The molecule has 3 aromatic rings. The molecule has 0 aliphatic heterocycles. The third-order valence-electron chi connectivity index (χ3n) is 6.28. The lowest BCUT2D eigenvalue weighted by molar-refractivity contribution is -0.140. The summed E-state index contributed by atoms with van der Waals surface area (Å²) in [6.07, 6.45) is 1.38. The molecule has 0 spiro atoms. The second kappa shape index (κ2) is 12.5. The highest BCUT2D eigenvalue weighted by Crippen LogP contribution is 2.25. The molecule has 0 aliphatic carbocycles. The molecule has 0 saturated carbocycles.